The molecular formula is C30H30O4S. The van der Waals surface area contributed by atoms with Crippen molar-refractivity contribution in [2.45, 2.75) is 43.4 Å². The third-order valence-corrected chi connectivity index (χ3v) is 7.77. The summed E-state index contributed by atoms with van der Waals surface area (Å²) < 4.78 is 36.1. The average Bonchev–Trinajstić information content (AvgIpc) is 2.84. The minimum absolute atomic E-state index is 0.0129. The van der Waals surface area contributed by atoms with Crippen molar-refractivity contribution in [2.75, 3.05) is 0 Å². The van der Waals surface area contributed by atoms with Gasteiger partial charge in [0.25, 0.3) is 10.1 Å². The van der Waals surface area contributed by atoms with Gasteiger partial charge in [-0.05, 0) is 22.8 Å². The predicted octanol–water partition coefficient (Wildman–Crippen LogP) is 6.96. The molecule has 180 valence electrons. The number of benzene rings is 4. The zero-order chi connectivity index (χ0) is 25.4. The predicted molar refractivity (Wildman–Crippen MR) is 140 cm³/mol. The molecular weight excluding hydrogens is 456 g/mol. The van der Waals surface area contributed by atoms with E-state index in [1.54, 1.807) is 24.3 Å². The van der Waals surface area contributed by atoms with E-state index >= 15 is 0 Å². The lowest BCUT2D eigenvalue weighted by Crippen LogP contribution is -2.26. The number of rotatable bonds is 6. The Balaban J connectivity index is 2.19. The third kappa shape index (κ3) is 4.49. The van der Waals surface area contributed by atoms with Crippen LogP contribution in [-0.4, -0.2) is 18.1 Å². The van der Waals surface area contributed by atoms with Crippen LogP contribution in [0.3, 0.4) is 0 Å². The van der Waals surface area contributed by atoms with E-state index in [4.69, 9.17) is 0 Å². The summed E-state index contributed by atoms with van der Waals surface area (Å²) in [6.07, 6.45) is 0. The Labute approximate surface area is 207 Å². The SMILES string of the molecule is CC(C)(c1ccccc1)c1cc(S(=O)(=O)O)c(-c2ccccc2)c(C(C)(C)c2ccccc2)c1O. The third-order valence-electron chi connectivity index (χ3n) is 6.89. The highest BCUT2D eigenvalue weighted by molar-refractivity contribution is 7.86. The van der Waals surface area contributed by atoms with Gasteiger partial charge in [0.1, 0.15) is 10.6 Å². The Kier molecular flexibility index (Phi) is 6.34. The molecule has 4 nitrogen and oxygen atoms in total. The molecule has 0 aliphatic rings. The van der Waals surface area contributed by atoms with Crippen LogP contribution in [0.4, 0.5) is 0 Å². The number of phenolic OH excluding ortho intramolecular Hbond substituents is 1. The van der Waals surface area contributed by atoms with Crippen molar-refractivity contribution in [3.63, 3.8) is 0 Å². The van der Waals surface area contributed by atoms with Gasteiger partial charge < -0.3 is 5.11 Å². The van der Waals surface area contributed by atoms with E-state index in [0.29, 0.717) is 22.3 Å². The summed E-state index contributed by atoms with van der Waals surface area (Å²) in [5.41, 5.74) is 2.04. The molecule has 35 heavy (non-hydrogen) atoms. The maximum Gasteiger partial charge on any atom is 0.295 e. The second-order valence-electron chi connectivity index (χ2n) is 9.84. The summed E-state index contributed by atoms with van der Waals surface area (Å²) in [4.78, 5) is -0.223. The van der Waals surface area contributed by atoms with E-state index in [9.17, 15) is 18.1 Å². The number of aromatic hydroxyl groups is 1. The highest BCUT2D eigenvalue weighted by Crippen LogP contribution is 2.50. The summed E-state index contributed by atoms with van der Waals surface area (Å²) in [6, 6.07) is 29.7. The maximum absolute atomic E-state index is 12.8. The fourth-order valence-corrected chi connectivity index (χ4v) is 5.58. The lowest BCUT2D eigenvalue weighted by Gasteiger charge is -2.35. The van der Waals surface area contributed by atoms with E-state index in [1.165, 1.54) is 6.07 Å². The van der Waals surface area contributed by atoms with Gasteiger partial charge in [0.15, 0.2) is 0 Å². The average molecular weight is 487 g/mol. The highest BCUT2D eigenvalue weighted by atomic mass is 32.2. The zero-order valence-electron chi connectivity index (χ0n) is 20.4. The summed E-state index contributed by atoms with van der Waals surface area (Å²) in [5.74, 6) is 0.0129. The molecule has 0 saturated carbocycles. The van der Waals surface area contributed by atoms with Gasteiger partial charge in [0, 0.05) is 27.5 Å². The smallest absolute Gasteiger partial charge is 0.295 e. The van der Waals surface area contributed by atoms with E-state index in [0.717, 1.165) is 11.1 Å². The highest BCUT2D eigenvalue weighted by Gasteiger charge is 2.38. The van der Waals surface area contributed by atoms with Gasteiger partial charge in [-0.25, -0.2) is 0 Å². The molecule has 0 aromatic heterocycles. The van der Waals surface area contributed by atoms with Crippen LogP contribution in [0.1, 0.15) is 49.9 Å². The van der Waals surface area contributed by atoms with Crippen LogP contribution < -0.4 is 0 Å². The van der Waals surface area contributed by atoms with Crippen molar-refractivity contribution < 1.29 is 18.1 Å². The van der Waals surface area contributed by atoms with Crippen molar-refractivity contribution in [1.82, 2.24) is 0 Å². The summed E-state index contributed by atoms with van der Waals surface area (Å²) in [5, 5.41) is 11.9. The molecule has 0 radical (unpaired) electrons. The summed E-state index contributed by atoms with van der Waals surface area (Å²) in [7, 11) is -4.64. The molecule has 0 spiro atoms. The summed E-state index contributed by atoms with van der Waals surface area (Å²) in [6.45, 7) is 7.78. The minimum Gasteiger partial charge on any atom is -0.507 e. The van der Waals surface area contributed by atoms with E-state index in [-0.39, 0.29) is 10.6 Å². The van der Waals surface area contributed by atoms with Crippen LogP contribution in [-0.2, 0) is 20.9 Å². The molecule has 0 heterocycles. The van der Waals surface area contributed by atoms with Crippen LogP contribution in [0.2, 0.25) is 0 Å². The van der Waals surface area contributed by atoms with Crippen molar-refractivity contribution in [3.8, 4) is 16.9 Å². The van der Waals surface area contributed by atoms with Gasteiger partial charge in [0.05, 0.1) is 0 Å². The number of hydrogen-bond donors (Lipinski definition) is 2. The van der Waals surface area contributed by atoms with E-state index in [1.807, 2.05) is 94.4 Å². The standard InChI is InChI=1S/C30H30O4S/c1-29(2,22-16-10-6-11-17-22)24-20-25(35(32,33)34)26(21-14-8-5-9-15-21)27(28(24)31)30(3,4)23-18-12-7-13-19-23/h5-20,31H,1-4H3,(H,32,33,34). The quantitative estimate of drug-likeness (QED) is 0.289. The maximum atomic E-state index is 12.8. The molecule has 0 aliphatic heterocycles. The first-order valence-electron chi connectivity index (χ1n) is 11.5. The van der Waals surface area contributed by atoms with Crippen molar-refractivity contribution in [1.29, 1.82) is 0 Å². The number of hydrogen-bond acceptors (Lipinski definition) is 3. The van der Waals surface area contributed by atoms with Crippen molar-refractivity contribution >= 4 is 10.1 Å². The Morgan fingerprint density at radius 3 is 1.54 bits per heavy atom. The van der Waals surface area contributed by atoms with E-state index in [2.05, 4.69) is 0 Å². The lowest BCUT2D eigenvalue weighted by molar-refractivity contribution is 0.432. The fourth-order valence-electron chi connectivity index (χ4n) is 4.84. The van der Waals surface area contributed by atoms with Crippen molar-refractivity contribution in [2.24, 2.45) is 0 Å². The van der Waals surface area contributed by atoms with Crippen LogP contribution in [0.15, 0.2) is 102 Å². The first kappa shape index (κ1) is 24.7. The first-order chi connectivity index (χ1) is 16.5. The molecule has 0 amide bonds. The second kappa shape index (κ2) is 8.99. The molecule has 0 atom stereocenters. The molecule has 0 bridgehead atoms. The van der Waals surface area contributed by atoms with Crippen LogP contribution in [0.5, 0.6) is 5.75 Å². The minimum atomic E-state index is -4.64. The first-order valence-corrected chi connectivity index (χ1v) is 12.9. The van der Waals surface area contributed by atoms with Gasteiger partial charge in [0.2, 0.25) is 0 Å². The Bertz CT molecular complexity index is 1440. The number of phenols is 1. The molecule has 0 aliphatic carbocycles. The van der Waals surface area contributed by atoms with Gasteiger partial charge in [-0.15, -0.1) is 0 Å². The van der Waals surface area contributed by atoms with Gasteiger partial charge >= 0.3 is 0 Å². The molecule has 0 unspecified atom stereocenters. The molecule has 5 heteroatoms. The van der Waals surface area contributed by atoms with Crippen LogP contribution in [0.25, 0.3) is 11.1 Å². The van der Waals surface area contributed by atoms with Crippen LogP contribution in [0, 0.1) is 0 Å². The lowest BCUT2D eigenvalue weighted by atomic mass is 9.70. The normalized spacial score (nSPS) is 12.5. The molecule has 4 aromatic rings. The molecule has 2 N–H and O–H groups in total. The summed E-state index contributed by atoms with van der Waals surface area (Å²) >= 11 is 0. The molecule has 4 rings (SSSR count). The van der Waals surface area contributed by atoms with Crippen LogP contribution >= 0.6 is 0 Å². The molecule has 4 aromatic carbocycles. The van der Waals surface area contributed by atoms with Gasteiger partial charge in [-0.1, -0.05) is 119 Å². The fraction of sp³-hybridized carbons (Fsp3) is 0.200. The zero-order valence-corrected chi connectivity index (χ0v) is 21.2. The monoisotopic (exact) mass is 486 g/mol. The molecule has 0 saturated heterocycles. The van der Waals surface area contributed by atoms with E-state index < -0.39 is 20.9 Å². The second-order valence-corrected chi connectivity index (χ2v) is 11.2. The Morgan fingerprint density at radius 2 is 1.09 bits per heavy atom. The van der Waals surface area contributed by atoms with Crippen molar-refractivity contribution in [3.05, 3.63) is 119 Å². The van der Waals surface area contributed by atoms with Gasteiger partial charge in [-0.3, -0.25) is 4.55 Å². The molecule has 0 fully saturated rings. The Morgan fingerprint density at radius 1 is 0.657 bits per heavy atom. The Hall–Kier alpha value is -3.41. The van der Waals surface area contributed by atoms with Gasteiger partial charge in [-0.2, -0.15) is 8.42 Å². The largest absolute Gasteiger partial charge is 0.507 e. The topological polar surface area (TPSA) is 74.6 Å².